The molecule has 6 heteroatoms. The van der Waals surface area contributed by atoms with Gasteiger partial charge in [0.25, 0.3) is 5.69 Å². The van der Waals surface area contributed by atoms with Crippen LogP contribution in [0.4, 0.5) is 11.4 Å². The Morgan fingerprint density at radius 2 is 1.88 bits per heavy atom. The van der Waals surface area contributed by atoms with Gasteiger partial charge < -0.3 is 10.5 Å². The first-order valence-corrected chi connectivity index (χ1v) is 4.75. The van der Waals surface area contributed by atoms with Crippen molar-refractivity contribution in [3.05, 3.63) is 52.7 Å². The summed E-state index contributed by atoms with van der Waals surface area (Å²) in [4.78, 5) is 13.7. The van der Waals surface area contributed by atoms with E-state index in [2.05, 4.69) is 4.98 Å². The molecule has 0 spiro atoms. The zero-order valence-electron chi connectivity index (χ0n) is 8.66. The van der Waals surface area contributed by atoms with Gasteiger partial charge in [-0.2, -0.15) is 0 Å². The molecule has 0 saturated heterocycles. The normalized spacial score (nSPS) is 9.88. The molecular formula is C11H8N3O3. The lowest BCUT2D eigenvalue weighted by molar-refractivity contribution is -0.385. The van der Waals surface area contributed by atoms with E-state index in [0.29, 0.717) is 11.4 Å². The fraction of sp³-hybridized carbons (Fsp3) is 0. The van der Waals surface area contributed by atoms with Crippen molar-refractivity contribution in [2.24, 2.45) is 0 Å². The van der Waals surface area contributed by atoms with Crippen LogP contribution in [0.25, 0.3) is 0 Å². The van der Waals surface area contributed by atoms with E-state index in [1.165, 1.54) is 12.1 Å². The molecule has 0 aliphatic heterocycles. The first-order chi connectivity index (χ1) is 8.15. The maximum absolute atomic E-state index is 10.4. The second-order valence-corrected chi connectivity index (χ2v) is 3.24. The Hall–Kier alpha value is -2.63. The van der Waals surface area contributed by atoms with Crippen molar-refractivity contribution < 1.29 is 9.66 Å². The van der Waals surface area contributed by atoms with Crippen molar-refractivity contribution >= 4 is 11.4 Å². The fourth-order valence-corrected chi connectivity index (χ4v) is 1.18. The summed E-state index contributed by atoms with van der Waals surface area (Å²) in [6, 6.07) is 9.17. The van der Waals surface area contributed by atoms with Gasteiger partial charge in [-0.05, 0) is 24.3 Å². The smallest absolute Gasteiger partial charge is 0.287 e. The monoisotopic (exact) mass is 230 g/mol. The summed E-state index contributed by atoms with van der Waals surface area (Å²) in [7, 11) is 0. The van der Waals surface area contributed by atoms with Crippen LogP contribution in [0.2, 0.25) is 0 Å². The Kier molecular flexibility index (Phi) is 2.87. The molecule has 0 amide bonds. The number of nitrogens with one attached hydrogen (secondary N) is 1. The standard InChI is InChI=1S/C11H8N3O3/c12-8-1-4-10(5-2-8)17-11-6-3-9(7-13-11)14(15)16/h1-7,12H. The molecule has 17 heavy (non-hydrogen) atoms. The molecule has 0 bridgehead atoms. The van der Waals surface area contributed by atoms with E-state index >= 15 is 0 Å². The van der Waals surface area contributed by atoms with Crippen molar-refractivity contribution in [3.63, 3.8) is 0 Å². The van der Waals surface area contributed by atoms with E-state index in [1.807, 2.05) is 0 Å². The summed E-state index contributed by atoms with van der Waals surface area (Å²) in [5.74, 6) is 0.802. The average Bonchev–Trinajstić information content (AvgIpc) is 2.33. The lowest BCUT2D eigenvalue weighted by Gasteiger charge is -2.03. The second-order valence-electron chi connectivity index (χ2n) is 3.24. The van der Waals surface area contributed by atoms with Gasteiger partial charge in [0.15, 0.2) is 0 Å². The summed E-state index contributed by atoms with van der Waals surface area (Å²) in [5.41, 5.74) is 7.60. The number of hydrogen-bond donors (Lipinski definition) is 0. The molecular weight excluding hydrogens is 222 g/mol. The summed E-state index contributed by atoms with van der Waals surface area (Å²) in [5, 5.41) is 10.4. The van der Waals surface area contributed by atoms with Crippen LogP contribution in [0.5, 0.6) is 11.6 Å². The van der Waals surface area contributed by atoms with Gasteiger partial charge in [-0.15, -0.1) is 0 Å². The van der Waals surface area contributed by atoms with Crippen LogP contribution in [-0.4, -0.2) is 9.91 Å². The third-order valence-corrected chi connectivity index (χ3v) is 2.01. The van der Waals surface area contributed by atoms with Crippen LogP contribution >= 0.6 is 0 Å². The number of nitro groups is 1. The first-order valence-electron chi connectivity index (χ1n) is 4.75. The molecule has 2 rings (SSSR count). The highest BCUT2D eigenvalue weighted by molar-refractivity contribution is 5.40. The molecule has 1 aromatic heterocycles. The van der Waals surface area contributed by atoms with Crippen LogP contribution in [-0.2, 0) is 0 Å². The number of ether oxygens (including phenoxy) is 1. The highest BCUT2D eigenvalue weighted by Crippen LogP contribution is 2.22. The van der Waals surface area contributed by atoms with E-state index in [4.69, 9.17) is 10.5 Å². The van der Waals surface area contributed by atoms with Crippen molar-refractivity contribution in [3.8, 4) is 11.6 Å². The highest BCUT2D eigenvalue weighted by Gasteiger charge is 2.06. The highest BCUT2D eigenvalue weighted by atomic mass is 16.6. The molecule has 0 atom stereocenters. The predicted octanol–water partition coefficient (Wildman–Crippen LogP) is 2.70. The van der Waals surface area contributed by atoms with Gasteiger partial charge in [-0.3, -0.25) is 10.1 Å². The van der Waals surface area contributed by atoms with Crippen molar-refractivity contribution in [1.29, 1.82) is 0 Å². The SMILES string of the molecule is [NH]c1ccc(Oc2ccc([N+](=O)[O-])cn2)cc1. The Morgan fingerprint density at radius 1 is 1.18 bits per heavy atom. The van der Waals surface area contributed by atoms with Crippen LogP contribution < -0.4 is 10.5 Å². The minimum absolute atomic E-state index is 0.0844. The second kappa shape index (κ2) is 4.48. The van der Waals surface area contributed by atoms with E-state index in [9.17, 15) is 10.1 Å². The summed E-state index contributed by atoms with van der Waals surface area (Å²) in [6.07, 6.45) is 1.13. The van der Waals surface area contributed by atoms with Crippen molar-refractivity contribution in [2.75, 3.05) is 0 Å². The van der Waals surface area contributed by atoms with E-state index in [1.54, 1.807) is 24.3 Å². The first kappa shape index (κ1) is 10.9. The molecule has 0 aliphatic carbocycles. The van der Waals surface area contributed by atoms with Crippen LogP contribution in [0.3, 0.4) is 0 Å². The lowest BCUT2D eigenvalue weighted by Crippen LogP contribution is -1.91. The molecule has 6 nitrogen and oxygen atoms in total. The van der Waals surface area contributed by atoms with Crippen LogP contribution in [0, 0.1) is 10.1 Å². The number of pyridine rings is 1. The molecule has 0 saturated carbocycles. The molecule has 1 N–H and O–H groups in total. The Labute approximate surface area is 96.8 Å². The van der Waals surface area contributed by atoms with Crippen LogP contribution in [0.1, 0.15) is 0 Å². The number of hydrogen-bond acceptors (Lipinski definition) is 4. The maximum Gasteiger partial charge on any atom is 0.287 e. The third-order valence-electron chi connectivity index (χ3n) is 2.01. The number of benzene rings is 1. The largest absolute Gasteiger partial charge is 0.439 e. The molecule has 0 fully saturated rings. The van der Waals surface area contributed by atoms with E-state index < -0.39 is 4.92 Å². The Bertz CT molecular complexity index is 523. The maximum atomic E-state index is 10.4. The molecule has 0 aliphatic rings. The van der Waals surface area contributed by atoms with Crippen molar-refractivity contribution in [1.82, 2.24) is 10.7 Å². The zero-order chi connectivity index (χ0) is 12.3. The summed E-state index contributed by atoms with van der Waals surface area (Å²) in [6.45, 7) is 0. The molecule has 1 heterocycles. The molecule has 85 valence electrons. The summed E-state index contributed by atoms with van der Waals surface area (Å²) >= 11 is 0. The Morgan fingerprint density at radius 3 is 2.41 bits per heavy atom. The van der Waals surface area contributed by atoms with Gasteiger partial charge in [0.1, 0.15) is 11.9 Å². The number of nitrogens with zero attached hydrogens (tertiary/aromatic N) is 2. The summed E-state index contributed by atoms with van der Waals surface area (Å²) < 4.78 is 5.35. The molecule has 2 aromatic rings. The molecule has 0 unspecified atom stereocenters. The molecule has 1 aromatic carbocycles. The lowest BCUT2D eigenvalue weighted by atomic mass is 10.3. The van der Waals surface area contributed by atoms with Gasteiger partial charge in [0, 0.05) is 12.1 Å². The van der Waals surface area contributed by atoms with E-state index in [0.717, 1.165) is 6.20 Å². The van der Waals surface area contributed by atoms with Gasteiger partial charge in [0.05, 0.1) is 10.6 Å². The third kappa shape index (κ3) is 2.69. The number of rotatable bonds is 3. The van der Waals surface area contributed by atoms with E-state index in [-0.39, 0.29) is 11.6 Å². The Balaban J connectivity index is 2.13. The zero-order valence-corrected chi connectivity index (χ0v) is 8.66. The van der Waals surface area contributed by atoms with Gasteiger partial charge in [0.2, 0.25) is 5.88 Å². The average molecular weight is 230 g/mol. The topological polar surface area (TPSA) is 89.1 Å². The van der Waals surface area contributed by atoms with Crippen molar-refractivity contribution in [2.45, 2.75) is 0 Å². The predicted molar refractivity (Wildman–Crippen MR) is 60.2 cm³/mol. The van der Waals surface area contributed by atoms with Gasteiger partial charge >= 0.3 is 0 Å². The van der Waals surface area contributed by atoms with Gasteiger partial charge in [-0.25, -0.2) is 4.98 Å². The minimum atomic E-state index is -0.522. The minimum Gasteiger partial charge on any atom is -0.439 e. The van der Waals surface area contributed by atoms with Crippen LogP contribution in [0.15, 0.2) is 42.6 Å². The quantitative estimate of drug-likeness (QED) is 0.598. The van der Waals surface area contributed by atoms with Gasteiger partial charge in [-0.1, -0.05) is 0 Å². The number of aromatic nitrogens is 1. The fourth-order valence-electron chi connectivity index (χ4n) is 1.18. The molecule has 1 radical (unpaired) electrons.